The summed E-state index contributed by atoms with van der Waals surface area (Å²) in [6, 6.07) is 9.66. The van der Waals surface area contributed by atoms with E-state index >= 15 is 0 Å². The molecule has 6 heteroatoms. The smallest absolute Gasteiger partial charge is 0.323 e. The van der Waals surface area contributed by atoms with Crippen LogP contribution in [0, 0.1) is 5.41 Å². The molecule has 0 saturated carbocycles. The first-order valence-corrected chi connectivity index (χ1v) is 12.8. The highest BCUT2D eigenvalue weighted by Crippen LogP contribution is 2.40. The fourth-order valence-corrected chi connectivity index (χ4v) is 8.95. The molecule has 0 spiro atoms. The Morgan fingerprint density at radius 3 is 2.21 bits per heavy atom. The van der Waals surface area contributed by atoms with E-state index in [4.69, 9.17) is 9.47 Å². The molecule has 152 valence electrons. The van der Waals surface area contributed by atoms with E-state index in [1.807, 2.05) is 12.1 Å². The van der Waals surface area contributed by atoms with E-state index in [-0.39, 0.29) is 0 Å². The highest BCUT2D eigenvalue weighted by Gasteiger charge is 2.50. The number of H-pyrrole nitrogens is 1. The molecule has 1 aliphatic carbocycles. The van der Waals surface area contributed by atoms with Crippen molar-refractivity contribution in [1.29, 1.82) is 0 Å². The molecule has 0 aliphatic heterocycles. The zero-order chi connectivity index (χ0) is 20.5. The molecule has 1 aromatic heterocycles. The molecule has 28 heavy (non-hydrogen) atoms. The lowest BCUT2D eigenvalue weighted by atomic mass is 9.78. The Morgan fingerprint density at radius 1 is 1.07 bits per heavy atom. The summed E-state index contributed by atoms with van der Waals surface area (Å²) in [6.45, 7) is 6.88. The predicted octanol–water partition coefficient (Wildman–Crippen LogP) is 3.70. The second kappa shape index (κ2) is 7.74. The molecule has 0 atom stereocenters. The van der Waals surface area contributed by atoms with Gasteiger partial charge in [-0.1, -0.05) is 51.0 Å². The van der Waals surface area contributed by atoms with Gasteiger partial charge in [-0.2, -0.15) is 0 Å². The van der Waals surface area contributed by atoms with Gasteiger partial charge in [-0.05, 0) is 36.5 Å². The second-order valence-electron chi connectivity index (χ2n) is 7.90. The molecule has 0 radical (unpaired) electrons. The van der Waals surface area contributed by atoms with Gasteiger partial charge in [-0.3, -0.25) is 9.59 Å². The molecular weight excluding hydrogens is 370 g/mol. The Kier molecular flexibility index (Phi) is 5.71. The highest BCUT2D eigenvalue weighted by molar-refractivity contribution is 6.91. The number of aromatic nitrogens is 1. The third-order valence-corrected chi connectivity index (χ3v) is 12.6. The quantitative estimate of drug-likeness (QED) is 0.455. The summed E-state index contributed by atoms with van der Waals surface area (Å²) in [5.74, 6) is -1.01. The molecule has 1 N–H and O–H groups in total. The Hall–Kier alpha value is -2.08. The molecule has 5 nitrogen and oxygen atoms in total. The molecule has 1 aliphatic rings. The molecular formula is C22H31NO4Si. The largest absolute Gasteiger partial charge is 0.468 e. The van der Waals surface area contributed by atoms with Gasteiger partial charge in [-0.15, -0.1) is 0 Å². The maximum atomic E-state index is 12.8. The van der Waals surface area contributed by atoms with Gasteiger partial charge >= 0.3 is 11.9 Å². The van der Waals surface area contributed by atoms with Gasteiger partial charge < -0.3 is 14.5 Å². The molecule has 1 aromatic carbocycles. The van der Waals surface area contributed by atoms with Crippen LogP contribution in [-0.2, 0) is 31.9 Å². The van der Waals surface area contributed by atoms with Gasteiger partial charge in [0.05, 0.1) is 14.2 Å². The fourth-order valence-electron chi connectivity index (χ4n) is 5.10. The number of ether oxygens (including phenoxy) is 2. The van der Waals surface area contributed by atoms with Crippen molar-refractivity contribution in [2.75, 3.05) is 14.2 Å². The van der Waals surface area contributed by atoms with Crippen molar-refractivity contribution >= 4 is 36.2 Å². The van der Waals surface area contributed by atoms with Crippen molar-refractivity contribution < 1.29 is 19.1 Å². The van der Waals surface area contributed by atoms with Crippen molar-refractivity contribution in [3.05, 3.63) is 29.3 Å². The fraction of sp³-hybridized carbons (Fsp3) is 0.545. The van der Waals surface area contributed by atoms with Crippen molar-refractivity contribution in [3.63, 3.8) is 0 Å². The SMILES string of the molecule is CC[Si](CC)(CC)c1[nH]c2cccc3c2c1CCC(C(=O)OC)(C(=O)OC)C3. The number of nitrogens with one attached hydrogen (secondary N) is 1. The monoisotopic (exact) mass is 401 g/mol. The van der Waals surface area contributed by atoms with E-state index in [1.165, 1.54) is 48.6 Å². The number of carbonyl (C=O) groups is 2. The summed E-state index contributed by atoms with van der Waals surface area (Å²) < 4.78 is 10.1. The number of benzene rings is 1. The Morgan fingerprint density at radius 2 is 1.68 bits per heavy atom. The van der Waals surface area contributed by atoms with Gasteiger partial charge in [0.15, 0.2) is 5.41 Å². The van der Waals surface area contributed by atoms with Gasteiger partial charge in [0.1, 0.15) is 8.07 Å². The van der Waals surface area contributed by atoms with E-state index in [0.29, 0.717) is 19.3 Å². The van der Waals surface area contributed by atoms with E-state index in [1.54, 1.807) is 0 Å². The van der Waals surface area contributed by atoms with Crippen LogP contribution >= 0.6 is 0 Å². The topological polar surface area (TPSA) is 68.4 Å². The van der Waals surface area contributed by atoms with Gasteiger partial charge in [-0.25, -0.2) is 0 Å². The van der Waals surface area contributed by atoms with Gasteiger partial charge in [0, 0.05) is 16.2 Å². The van der Waals surface area contributed by atoms with Crippen LogP contribution in [0.5, 0.6) is 0 Å². The highest BCUT2D eigenvalue weighted by atomic mass is 28.3. The number of aryl methyl sites for hydroxylation is 1. The summed E-state index contributed by atoms with van der Waals surface area (Å²) in [5.41, 5.74) is 2.16. The van der Waals surface area contributed by atoms with E-state index in [2.05, 4.69) is 31.8 Å². The van der Waals surface area contributed by atoms with Crippen LogP contribution in [0.1, 0.15) is 38.3 Å². The summed E-state index contributed by atoms with van der Waals surface area (Å²) >= 11 is 0. The molecule has 0 fully saturated rings. The van der Waals surface area contributed by atoms with E-state index in [9.17, 15) is 9.59 Å². The van der Waals surface area contributed by atoms with Gasteiger partial charge in [0.2, 0.25) is 0 Å². The summed E-state index contributed by atoms with van der Waals surface area (Å²) in [4.78, 5) is 29.3. The summed E-state index contributed by atoms with van der Waals surface area (Å²) in [5, 5.41) is 2.59. The van der Waals surface area contributed by atoms with Crippen LogP contribution in [-0.4, -0.2) is 39.2 Å². The number of hydrogen-bond donors (Lipinski definition) is 1. The number of esters is 2. The van der Waals surface area contributed by atoms with Crippen LogP contribution in [0.3, 0.4) is 0 Å². The van der Waals surface area contributed by atoms with E-state index in [0.717, 1.165) is 11.1 Å². The van der Waals surface area contributed by atoms with Crippen molar-refractivity contribution in [1.82, 2.24) is 4.98 Å². The zero-order valence-electron chi connectivity index (χ0n) is 17.6. The minimum absolute atomic E-state index is 0.312. The average molecular weight is 402 g/mol. The standard InChI is InChI=1S/C22H31NO4Si/c1-6-28(7-2,8-3)19-16-12-13-22(20(24)26-4,21(25)27-5)14-15-10-9-11-17(23-19)18(15)16/h9-11,23H,6-8,12-14H2,1-5H3. The van der Waals surface area contributed by atoms with Crippen molar-refractivity contribution in [2.45, 2.75) is 58.2 Å². The molecule has 2 aromatic rings. The number of rotatable bonds is 6. The third-order valence-electron chi connectivity index (χ3n) is 7.02. The number of methoxy groups -OCH3 is 2. The molecule has 0 amide bonds. The number of carbonyl (C=O) groups excluding carboxylic acids is 2. The van der Waals surface area contributed by atoms with Crippen LogP contribution in [0.15, 0.2) is 18.2 Å². The second-order valence-corrected chi connectivity index (χ2v) is 13.1. The Bertz CT molecular complexity index is 873. The lowest BCUT2D eigenvalue weighted by molar-refractivity contribution is -0.169. The first-order chi connectivity index (χ1) is 13.4. The lowest BCUT2D eigenvalue weighted by Gasteiger charge is -2.29. The molecule has 1 heterocycles. The predicted molar refractivity (Wildman–Crippen MR) is 114 cm³/mol. The summed E-state index contributed by atoms with van der Waals surface area (Å²) in [7, 11) is 1.02. The Labute approximate surface area is 167 Å². The first kappa shape index (κ1) is 20.6. The maximum absolute atomic E-state index is 12.8. The van der Waals surface area contributed by atoms with Crippen molar-refractivity contribution in [3.8, 4) is 0 Å². The lowest BCUT2D eigenvalue weighted by Crippen LogP contribution is -2.48. The van der Waals surface area contributed by atoms with Crippen molar-refractivity contribution in [2.24, 2.45) is 5.41 Å². The number of hydrogen-bond acceptors (Lipinski definition) is 4. The average Bonchev–Trinajstić information content (AvgIpc) is 3.01. The molecule has 3 rings (SSSR count). The van der Waals surface area contributed by atoms with Crippen LogP contribution in [0.4, 0.5) is 0 Å². The van der Waals surface area contributed by atoms with Crippen LogP contribution in [0.25, 0.3) is 10.9 Å². The van der Waals surface area contributed by atoms with E-state index < -0.39 is 25.4 Å². The Balaban J connectivity index is 2.25. The van der Waals surface area contributed by atoms with Crippen LogP contribution < -0.4 is 5.32 Å². The molecule has 0 bridgehead atoms. The van der Waals surface area contributed by atoms with Gasteiger partial charge in [0.25, 0.3) is 0 Å². The van der Waals surface area contributed by atoms with Crippen LogP contribution in [0.2, 0.25) is 18.1 Å². The summed E-state index contributed by atoms with van der Waals surface area (Å²) in [6.07, 6.45) is 1.39. The third kappa shape index (κ3) is 2.89. The minimum Gasteiger partial charge on any atom is -0.468 e. The normalized spacial score (nSPS) is 15.9. The maximum Gasteiger partial charge on any atom is 0.323 e. The number of aromatic amines is 1. The molecule has 0 unspecified atom stereocenters. The first-order valence-electron chi connectivity index (χ1n) is 10.2. The molecule has 0 saturated heterocycles. The zero-order valence-corrected chi connectivity index (χ0v) is 18.6. The minimum atomic E-state index is -1.66.